The van der Waals surface area contributed by atoms with Crippen molar-refractivity contribution >= 4 is 11.9 Å². The summed E-state index contributed by atoms with van der Waals surface area (Å²) in [5, 5.41) is 1.51. The lowest BCUT2D eigenvalue weighted by Crippen LogP contribution is -2.47. The van der Waals surface area contributed by atoms with Crippen molar-refractivity contribution in [3.05, 3.63) is 18.2 Å². The molecule has 0 N–H and O–H groups in total. The monoisotopic (exact) mass is 336 g/mol. The number of hydrogen-bond donors (Lipinski definition) is 0. The van der Waals surface area contributed by atoms with Crippen molar-refractivity contribution in [2.24, 2.45) is 17.8 Å². The number of amides is 1. The maximum atomic E-state index is 13.0. The first kappa shape index (κ1) is 15.7. The lowest BCUT2D eigenvalue weighted by molar-refractivity contribution is -0.207. The van der Waals surface area contributed by atoms with Gasteiger partial charge in [0.05, 0.1) is 38.1 Å². The van der Waals surface area contributed by atoms with Crippen molar-refractivity contribution in [1.82, 2.24) is 15.0 Å². The number of carbonyl (C=O) groups is 1. The first-order valence-electron chi connectivity index (χ1n) is 8.47. The van der Waals surface area contributed by atoms with Gasteiger partial charge in [0.1, 0.15) is 0 Å². The summed E-state index contributed by atoms with van der Waals surface area (Å²) in [7, 11) is 0. The number of hydroxylamine groups is 2. The Balaban J connectivity index is 1.48. The third-order valence-electron chi connectivity index (χ3n) is 5.09. The molecule has 1 aromatic heterocycles. The maximum Gasteiger partial charge on any atom is 0.251 e. The molecular weight excluding hydrogens is 315 g/mol. The van der Waals surface area contributed by atoms with Crippen LogP contribution in [0.3, 0.4) is 0 Å². The molecule has 1 amide bonds. The second kappa shape index (κ2) is 6.60. The van der Waals surface area contributed by atoms with Gasteiger partial charge in [0.25, 0.3) is 5.91 Å². The molecular formula is C16H21FN4O3. The Morgan fingerprint density at radius 2 is 2.04 bits per heavy atom. The first-order chi connectivity index (χ1) is 11.7. The van der Waals surface area contributed by atoms with Crippen LogP contribution >= 0.6 is 0 Å². The lowest BCUT2D eigenvalue weighted by atomic mass is 9.82. The zero-order chi connectivity index (χ0) is 16.5. The topological polar surface area (TPSA) is 67.8 Å². The van der Waals surface area contributed by atoms with E-state index in [2.05, 4.69) is 9.97 Å². The number of ether oxygens (including phenoxy) is 1. The third-order valence-corrected chi connectivity index (χ3v) is 5.09. The van der Waals surface area contributed by atoms with Crippen molar-refractivity contribution in [2.75, 3.05) is 44.4 Å². The minimum absolute atomic E-state index is 0.0197. The fourth-order valence-electron chi connectivity index (χ4n) is 3.84. The summed E-state index contributed by atoms with van der Waals surface area (Å²) >= 11 is 0. The molecule has 3 atom stereocenters. The van der Waals surface area contributed by atoms with E-state index >= 15 is 0 Å². The van der Waals surface area contributed by atoms with Crippen molar-refractivity contribution in [3.63, 3.8) is 0 Å². The third kappa shape index (κ3) is 2.95. The van der Waals surface area contributed by atoms with Gasteiger partial charge in [-0.05, 0) is 18.8 Å². The number of rotatable bonds is 2. The van der Waals surface area contributed by atoms with Crippen LogP contribution in [0, 0.1) is 23.6 Å². The fourth-order valence-corrected chi connectivity index (χ4v) is 3.84. The summed E-state index contributed by atoms with van der Waals surface area (Å²) in [6, 6.07) is 0. The second-order valence-electron chi connectivity index (χ2n) is 6.65. The number of nitrogens with zero attached hydrogens (tertiary/aromatic N) is 4. The molecule has 4 heterocycles. The van der Waals surface area contributed by atoms with Crippen LogP contribution in [0.5, 0.6) is 0 Å². The van der Waals surface area contributed by atoms with E-state index in [9.17, 15) is 9.18 Å². The Bertz CT molecular complexity index is 593. The summed E-state index contributed by atoms with van der Waals surface area (Å²) in [5.74, 6) is 0.315. The van der Waals surface area contributed by atoms with Crippen LogP contribution in [0.25, 0.3) is 0 Å². The molecule has 0 saturated carbocycles. The van der Waals surface area contributed by atoms with Gasteiger partial charge in [-0.1, -0.05) is 0 Å². The largest absolute Gasteiger partial charge is 0.380 e. The molecule has 7 nitrogen and oxygen atoms in total. The van der Waals surface area contributed by atoms with E-state index in [4.69, 9.17) is 9.57 Å². The summed E-state index contributed by atoms with van der Waals surface area (Å²) in [5.41, 5.74) is 0. The summed E-state index contributed by atoms with van der Waals surface area (Å²) in [4.78, 5) is 28.4. The first-order valence-corrected chi connectivity index (χ1v) is 8.47. The van der Waals surface area contributed by atoms with Crippen LogP contribution in [0.1, 0.15) is 12.8 Å². The van der Waals surface area contributed by atoms with Gasteiger partial charge >= 0.3 is 0 Å². The minimum Gasteiger partial charge on any atom is -0.380 e. The average molecular weight is 336 g/mol. The number of halogens is 1. The highest BCUT2D eigenvalue weighted by molar-refractivity contribution is 5.78. The summed E-state index contributed by atoms with van der Waals surface area (Å²) < 4.78 is 18.7. The molecule has 1 aromatic rings. The van der Waals surface area contributed by atoms with Crippen LogP contribution < -0.4 is 4.90 Å². The molecule has 3 aliphatic rings. The Morgan fingerprint density at radius 1 is 1.21 bits per heavy atom. The highest BCUT2D eigenvalue weighted by Gasteiger charge is 2.46. The van der Waals surface area contributed by atoms with Crippen molar-refractivity contribution in [3.8, 4) is 0 Å². The van der Waals surface area contributed by atoms with Gasteiger partial charge in [-0.3, -0.25) is 9.63 Å². The van der Waals surface area contributed by atoms with Gasteiger partial charge < -0.3 is 9.64 Å². The molecule has 0 aliphatic carbocycles. The maximum absolute atomic E-state index is 13.0. The molecule has 3 aliphatic heterocycles. The summed E-state index contributed by atoms with van der Waals surface area (Å²) in [6.45, 7) is 3.72. The van der Waals surface area contributed by atoms with Crippen molar-refractivity contribution in [1.29, 1.82) is 0 Å². The normalized spacial score (nSPS) is 30.3. The Morgan fingerprint density at radius 3 is 2.79 bits per heavy atom. The SMILES string of the molecule is O=C([C@@H]1COC[C@H]2CN(c3ncc(F)cn3)C[C@H]21)N1CCCCO1. The molecule has 0 bridgehead atoms. The Kier molecular flexibility index (Phi) is 4.32. The average Bonchev–Trinajstić information content (AvgIpc) is 3.06. The molecule has 3 fully saturated rings. The van der Waals surface area contributed by atoms with Gasteiger partial charge in [-0.15, -0.1) is 0 Å². The zero-order valence-corrected chi connectivity index (χ0v) is 13.4. The fraction of sp³-hybridized carbons (Fsp3) is 0.688. The molecule has 0 aromatic carbocycles. The van der Waals surface area contributed by atoms with Crippen LogP contribution in [0.2, 0.25) is 0 Å². The second-order valence-corrected chi connectivity index (χ2v) is 6.65. The van der Waals surface area contributed by atoms with Crippen LogP contribution in [-0.2, 0) is 14.4 Å². The molecule has 4 rings (SSSR count). The van der Waals surface area contributed by atoms with E-state index in [0.29, 0.717) is 38.9 Å². The molecule has 0 spiro atoms. The molecule has 0 unspecified atom stereocenters. The van der Waals surface area contributed by atoms with E-state index in [1.807, 2.05) is 4.90 Å². The van der Waals surface area contributed by atoms with E-state index < -0.39 is 5.82 Å². The van der Waals surface area contributed by atoms with Crippen molar-refractivity contribution < 1.29 is 18.8 Å². The molecule has 24 heavy (non-hydrogen) atoms. The number of carbonyl (C=O) groups excluding carboxylic acids is 1. The molecule has 3 saturated heterocycles. The molecule has 8 heteroatoms. The summed E-state index contributed by atoms with van der Waals surface area (Å²) in [6.07, 6.45) is 4.31. The molecule has 0 radical (unpaired) electrons. The van der Waals surface area contributed by atoms with Gasteiger partial charge in [0.2, 0.25) is 5.95 Å². The van der Waals surface area contributed by atoms with E-state index in [1.165, 1.54) is 17.5 Å². The number of hydrogen-bond acceptors (Lipinski definition) is 6. The van der Waals surface area contributed by atoms with Crippen LogP contribution in [0.4, 0.5) is 10.3 Å². The highest BCUT2D eigenvalue weighted by atomic mass is 19.1. The predicted octanol–water partition coefficient (Wildman–Crippen LogP) is 0.868. The van der Waals surface area contributed by atoms with Gasteiger partial charge in [-0.25, -0.2) is 19.4 Å². The smallest absolute Gasteiger partial charge is 0.251 e. The highest BCUT2D eigenvalue weighted by Crippen LogP contribution is 2.36. The number of aromatic nitrogens is 2. The predicted molar refractivity (Wildman–Crippen MR) is 82.4 cm³/mol. The number of fused-ring (bicyclic) bond motifs is 1. The van der Waals surface area contributed by atoms with Crippen molar-refractivity contribution in [2.45, 2.75) is 12.8 Å². The van der Waals surface area contributed by atoms with Gasteiger partial charge in [0, 0.05) is 25.6 Å². The van der Waals surface area contributed by atoms with Gasteiger partial charge in [0.15, 0.2) is 5.82 Å². The van der Waals surface area contributed by atoms with Gasteiger partial charge in [-0.2, -0.15) is 0 Å². The quantitative estimate of drug-likeness (QED) is 0.798. The Labute approximate surface area is 139 Å². The van der Waals surface area contributed by atoms with E-state index in [0.717, 1.165) is 19.4 Å². The van der Waals surface area contributed by atoms with Crippen LogP contribution in [-0.4, -0.2) is 60.4 Å². The Hall–Kier alpha value is -1.80. The minimum atomic E-state index is -0.450. The van der Waals surface area contributed by atoms with E-state index in [-0.39, 0.29) is 23.7 Å². The lowest BCUT2D eigenvalue weighted by Gasteiger charge is -2.36. The van der Waals surface area contributed by atoms with Crippen LogP contribution in [0.15, 0.2) is 12.4 Å². The molecule has 130 valence electrons. The van der Waals surface area contributed by atoms with E-state index in [1.54, 1.807) is 0 Å². The standard InChI is InChI=1S/C16H21FN4O3/c17-12-5-18-16(19-6-12)20-7-11-9-23-10-14(13(11)8-20)15(22)21-3-1-2-4-24-21/h5-6,11,13-14H,1-4,7-10H2/t11-,13-,14-/m1/s1. The number of anilines is 1. The zero-order valence-electron chi connectivity index (χ0n) is 13.4.